The maximum Gasteiger partial charge on any atom is 0.118 e. The number of rotatable bonds is 6. The molecule has 0 aliphatic heterocycles. The average molecular weight is 277 g/mol. The minimum Gasteiger partial charge on any atom is -0.465 e. The third-order valence-corrected chi connectivity index (χ3v) is 4.49. The van der Waals surface area contributed by atoms with Gasteiger partial charge in [-0.2, -0.15) is 0 Å². The minimum atomic E-state index is 0.458. The van der Waals surface area contributed by atoms with E-state index in [1.54, 1.807) is 0 Å². The molecule has 20 heavy (non-hydrogen) atoms. The Hall–Kier alpha value is -0.800. The summed E-state index contributed by atoms with van der Waals surface area (Å²) >= 11 is 0. The number of hydrogen-bond donors (Lipinski definition) is 1. The van der Waals surface area contributed by atoms with Crippen LogP contribution in [0.3, 0.4) is 0 Å². The summed E-state index contributed by atoms with van der Waals surface area (Å²) in [5, 5.41) is 3.49. The van der Waals surface area contributed by atoms with Crippen molar-refractivity contribution in [3.05, 3.63) is 23.2 Å². The lowest BCUT2D eigenvalue weighted by Gasteiger charge is -2.14. The summed E-state index contributed by atoms with van der Waals surface area (Å²) in [5.74, 6) is 2.07. The van der Waals surface area contributed by atoms with Gasteiger partial charge in [0.1, 0.15) is 11.5 Å². The molecule has 0 radical (unpaired) electrons. The lowest BCUT2D eigenvalue weighted by molar-refractivity contribution is 0.0304. The van der Waals surface area contributed by atoms with Crippen molar-refractivity contribution in [1.29, 1.82) is 0 Å². The summed E-state index contributed by atoms with van der Waals surface area (Å²) in [6.45, 7) is 3.62. The second-order valence-corrected chi connectivity index (χ2v) is 6.37. The van der Waals surface area contributed by atoms with Gasteiger partial charge in [0, 0.05) is 11.6 Å². The Morgan fingerprint density at radius 2 is 1.90 bits per heavy atom. The summed E-state index contributed by atoms with van der Waals surface area (Å²) in [6.07, 6.45) is 11.0. The molecule has 2 saturated carbocycles. The largest absolute Gasteiger partial charge is 0.465 e. The number of hydrogen-bond acceptors (Lipinski definition) is 3. The molecule has 1 N–H and O–H groups in total. The Kier molecular flexibility index (Phi) is 4.79. The van der Waals surface area contributed by atoms with Crippen LogP contribution in [0.5, 0.6) is 0 Å². The number of nitrogens with one attached hydrogen (secondary N) is 1. The van der Waals surface area contributed by atoms with E-state index in [1.165, 1.54) is 56.9 Å². The van der Waals surface area contributed by atoms with E-state index in [9.17, 15) is 0 Å². The van der Waals surface area contributed by atoms with Crippen molar-refractivity contribution >= 4 is 0 Å². The quantitative estimate of drug-likeness (QED) is 0.796. The summed E-state index contributed by atoms with van der Waals surface area (Å²) in [4.78, 5) is 0. The van der Waals surface area contributed by atoms with Gasteiger partial charge in [-0.1, -0.05) is 25.7 Å². The van der Waals surface area contributed by atoms with Crippen LogP contribution in [0.15, 0.2) is 10.5 Å². The molecule has 0 amide bonds. The predicted molar refractivity (Wildman–Crippen MR) is 79.6 cm³/mol. The molecule has 1 aromatic heterocycles. The zero-order chi connectivity index (χ0) is 13.8. The van der Waals surface area contributed by atoms with E-state index in [0.29, 0.717) is 12.7 Å². The molecule has 2 aliphatic carbocycles. The van der Waals surface area contributed by atoms with Gasteiger partial charge in [-0.15, -0.1) is 0 Å². The number of aryl methyl sites for hydroxylation is 1. The molecule has 3 nitrogen and oxygen atoms in total. The molecule has 2 aliphatic rings. The molecule has 0 bridgehead atoms. The van der Waals surface area contributed by atoms with Crippen LogP contribution in [0, 0.1) is 6.92 Å². The predicted octanol–water partition coefficient (Wildman–Crippen LogP) is 4.08. The van der Waals surface area contributed by atoms with Gasteiger partial charge in [0.25, 0.3) is 0 Å². The Morgan fingerprint density at radius 3 is 2.60 bits per heavy atom. The van der Waals surface area contributed by atoms with E-state index < -0.39 is 0 Å². The zero-order valence-electron chi connectivity index (χ0n) is 12.6. The van der Waals surface area contributed by atoms with Crippen molar-refractivity contribution in [2.75, 3.05) is 0 Å². The van der Waals surface area contributed by atoms with E-state index in [2.05, 4.69) is 11.4 Å². The van der Waals surface area contributed by atoms with E-state index >= 15 is 0 Å². The fourth-order valence-corrected chi connectivity index (χ4v) is 2.97. The number of furan rings is 1. The molecule has 112 valence electrons. The van der Waals surface area contributed by atoms with Crippen molar-refractivity contribution in [2.45, 2.75) is 83.6 Å². The highest BCUT2D eigenvalue weighted by Crippen LogP contribution is 2.23. The fraction of sp³-hybridized carbons (Fsp3) is 0.765. The molecule has 1 heterocycles. The molecular weight excluding hydrogens is 250 g/mol. The Balaban J connectivity index is 1.48. The van der Waals surface area contributed by atoms with Crippen LogP contribution in [0.4, 0.5) is 0 Å². The molecular formula is C17H27NO2. The summed E-state index contributed by atoms with van der Waals surface area (Å²) in [5.41, 5.74) is 1.22. The van der Waals surface area contributed by atoms with E-state index in [0.717, 1.165) is 24.1 Å². The molecule has 1 aromatic rings. The molecule has 0 aromatic carbocycles. The third kappa shape index (κ3) is 4.10. The van der Waals surface area contributed by atoms with E-state index in [4.69, 9.17) is 9.15 Å². The van der Waals surface area contributed by atoms with Crippen LogP contribution < -0.4 is 5.32 Å². The highest BCUT2D eigenvalue weighted by Gasteiger charge is 2.21. The van der Waals surface area contributed by atoms with Crippen LogP contribution in [0.25, 0.3) is 0 Å². The molecule has 3 rings (SSSR count). The highest BCUT2D eigenvalue weighted by molar-refractivity contribution is 5.20. The first-order valence-electron chi connectivity index (χ1n) is 8.24. The van der Waals surface area contributed by atoms with Crippen molar-refractivity contribution in [3.8, 4) is 0 Å². The second-order valence-electron chi connectivity index (χ2n) is 6.37. The lowest BCUT2D eigenvalue weighted by Crippen LogP contribution is -2.14. The van der Waals surface area contributed by atoms with Crippen LogP contribution >= 0.6 is 0 Å². The molecule has 3 heteroatoms. The maximum atomic E-state index is 6.10. The van der Waals surface area contributed by atoms with E-state index in [-0.39, 0.29) is 0 Å². The van der Waals surface area contributed by atoms with Crippen molar-refractivity contribution in [1.82, 2.24) is 5.32 Å². The molecule has 2 fully saturated rings. The van der Waals surface area contributed by atoms with Gasteiger partial charge in [-0.05, 0) is 38.7 Å². The van der Waals surface area contributed by atoms with Gasteiger partial charge in [0.2, 0.25) is 0 Å². The smallest absolute Gasteiger partial charge is 0.118 e. The van der Waals surface area contributed by atoms with Crippen LogP contribution in [-0.4, -0.2) is 12.1 Å². The van der Waals surface area contributed by atoms with Crippen LogP contribution in [0.2, 0.25) is 0 Å². The molecule has 0 atom stereocenters. The summed E-state index contributed by atoms with van der Waals surface area (Å²) in [6, 6.07) is 2.90. The fourth-order valence-electron chi connectivity index (χ4n) is 2.97. The van der Waals surface area contributed by atoms with Gasteiger partial charge in [0.15, 0.2) is 0 Å². The van der Waals surface area contributed by atoms with Crippen molar-refractivity contribution in [3.63, 3.8) is 0 Å². The standard InChI is InChI=1S/C17H27NO2/c1-13-14(10-17(20-13)11-18-15-8-9-15)12-19-16-6-4-2-3-5-7-16/h10,15-16,18H,2-9,11-12H2,1H3. The molecule has 0 saturated heterocycles. The summed E-state index contributed by atoms with van der Waals surface area (Å²) < 4.78 is 11.9. The average Bonchev–Trinajstić information content (AvgIpc) is 3.23. The molecule has 0 spiro atoms. The van der Waals surface area contributed by atoms with Gasteiger partial charge in [-0.3, -0.25) is 0 Å². The van der Waals surface area contributed by atoms with E-state index in [1.807, 2.05) is 6.92 Å². The van der Waals surface area contributed by atoms with Crippen molar-refractivity contribution < 1.29 is 9.15 Å². The Morgan fingerprint density at radius 1 is 1.15 bits per heavy atom. The monoisotopic (exact) mass is 277 g/mol. The third-order valence-electron chi connectivity index (χ3n) is 4.49. The topological polar surface area (TPSA) is 34.4 Å². The first-order chi connectivity index (χ1) is 9.81. The maximum absolute atomic E-state index is 6.10. The lowest BCUT2D eigenvalue weighted by atomic mass is 10.1. The van der Waals surface area contributed by atoms with Gasteiger partial charge in [-0.25, -0.2) is 0 Å². The highest BCUT2D eigenvalue weighted by atomic mass is 16.5. The SMILES string of the molecule is Cc1oc(CNC2CC2)cc1COC1CCCCCC1. The first kappa shape index (κ1) is 14.2. The zero-order valence-corrected chi connectivity index (χ0v) is 12.6. The van der Waals surface area contributed by atoms with Gasteiger partial charge >= 0.3 is 0 Å². The van der Waals surface area contributed by atoms with Gasteiger partial charge in [0.05, 0.1) is 19.3 Å². The van der Waals surface area contributed by atoms with Crippen LogP contribution in [0.1, 0.15) is 68.5 Å². The Bertz CT molecular complexity index is 415. The minimum absolute atomic E-state index is 0.458. The molecule has 0 unspecified atom stereocenters. The summed E-state index contributed by atoms with van der Waals surface area (Å²) in [7, 11) is 0. The number of ether oxygens (including phenoxy) is 1. The normalized spacial score (nSPS) is 21.1. The van der Waals surface area contributed by atoms with Gasteiger partial charge < -0.3 is 14.5 Å². The second kappa shape index (κ2) is 6.77. The van der Waals surface area contributed by atoms with Crippen LogP contribution in [-0.2, 0) is 17.9 Å². The first-order valence-corrected chi connectivity index (χ1v) is 8.24. The Labute approximate surface area is 122 Å². The van der Waals surface area contributed by atoms with Crippen molar-refractivity contribution in [2.24, 2.45) is 0 Å².